The fourth-order valence-corrected chi connectivity index (χ4v) is 2.48. The average molecular weight is 293 g/mol. The summed E-state index contributed by atoms with van der Waals surface area (Å²) in [4.78, 5) is 11.8. The van der Waals surface area contributed by atoms with Crippen molar-refractivity contribution in [2.45, 2.75) is 44.8 Å². The van der Waals surface area contributed by atoms with E-state index in [1.54, 1.807) is 12.1 Å². The second kappa shape index (κ2) is 7.88. The molecule has 1 aliphatic rings. The predicted molar refractivity (Wildman–Crippen MR) is 79.5 cm³/mol. The highest BCUT2D eigenvalue weighted by molar-refractivity contribution is 5.77. The third-order valence-corrected chi connectivity index (χ3v) is 3.58. The second-order valence-electron chi connectivity index (χ2n) is 5.22. The first kappa shape index (κ1) is 15.6. The Morgan fingerprint density at radius 1 is 1.19 bits per heavy atom. The summed E-state index contributed by atoms with van der Waals surface area (Å²) in [6, 6.07) is 7.01. The largest absolute Gasteiger partial charge is 0.494 e. The fourth-order valence-electron chi connectivity index (χ4n) is 2.48. The van der Waals surface area contributed by atoms with Crippen LogP contribution in [0.1, 0.15) is 32.6 Å². The molecule has 2 rings (SSSR count). The third kappa shape index (κ3) is 4.93. The van der Waals surface area contributed by atoms with Crippen molar-refractivity contribution >= 4 is 5.91 Å². The van der Waals surface area contributed by atoms with E-state index in [1.807, 2.05) is 19.1 Å². The van der Waals surface area contributed by atoms with E-state index in [2.05, 4.69) is 5.32 Å². The van der Waals surface area contributed by atoms with Crippen molar-refractivity contribution in [1.29, 1.82) is 0 Å². The van der Waals surface area contributed by atoms with Crippen molar-refractivity contribution < 1.29 is 19.4 Å². The molecule has 0 spiro atoms. The molecule has 0 bridgehead atoms. The Hall–Kier alpha value is -1.75. The van der Waals surface area contributed by atoms with Crippen LogP contribution in [-0.4, -0.2) is 36.4 Å². The van der Waals surface area contributed by atoms with Gasteiger partial charge < -0.3 is 19.9 Å². The SMILES string of the molecule is CCOc1ccc(OCC(=O)N[C@H]2CCCC[C@@H]2O)cc1. The quantitative estimate of drug-likeness (QED) is 0.840. The van der Waals surface area contributed by atoms with Gasteiger partial charge in [0.25, 0.3) is 5.91 Å². The van der Waals surface area contributed by atoms with Gasteiger partial charge in [-0.25, -0.2) is 0 Å². The van der Waals surface area contributed by atoms with Crippen molar-refractivity contribution in [2.24, 2.45) is 0 Å². The molecule has 0 unspecified atom stereocenters. The van der Waals surface area contributed by atoms with Crippen LogP contribution in [-0.2, 0) is 4.79 Å². The molecule has 1 amide bonds. The smallest absolute Gasteiger partial charge is 0.258 e. The predicted octanol–water partition coefficient (Wildman–Crippen LogP) is 1.88. The molecule has 0 aliphatic heterocycles. The van der Waals surface area contributed by atoms with E-state index < -0.39 is 6.10 Å². The number of hydrogen-bond donors (Lipinski definition) is 2. The summed E-state index contributed by atoms with van der Waals surface area (Å²) in [6.45, 7) is 2.50. The van der Waals surface area contributed by atoms with E-state index >= 15 is 0 Å². The molecule has 5 nitrogen and oxygen atoms in total. The van der Waals surface area contributed by atoms with E-state index in [4.69, 9.17) is 9.47 Å². The number of amides is 1. The summed E-state index contributed by atoms with van der Waals surface area (Å²) in [5.74, 6) is 1.20. The Morgan fingerprint density at radius 3 is 2.43 bits per heavy atom. The zero-order valence-corrected chi connectivity index (χ0v) is 12.4. The molecule has 21 heavy (non-hydrogen) atoms. The zero-order chi connectivity index (χ0) is 15.1. The monoisotopic (exact) mass is 293 g/mol. The fraction of sp³-hybridized carbons (Fsp3) is 0.562. The van der Waals surface area contributed by atoms with Crippen LogP contribution in [0.2, 0.25) is 0 Å². The van der Waals surface area contributed by atoms with Crippen LogP contribution < -0.4 is 14.8 Å². The Kier molecular flexibility index (Phi) is 5.87. The van der Waals surface area contributed by atoms with Gasteiger partial charge in [-0.05, 0) is 44.0 Å². The summed E-state index contributed by atoms with van der Waals surface area (Å²) in [5.41, 5.74) is 0. The van der Waals surface area contributed by atoms with Crippen LogP contribution in [0.25, 0.3) is 0 Å². The van der Waals surface area contributed by atoms with Crippen LogP contribution in [0.4, 0.5) is 0 Å². The number of ether oxygens (including phenoxy) is 2. The minimum absolute atomic E-state index is 0.0444. The number of carbonyl (C=O) groups excluding carboxylic acids is 1. The highest BCUT2D eigenvalue weighted by atomic mass is 16.5. The lowest BCUT2D eigenvalue weighted by molar-refractivity contribution is -0.125. The van der Waals surface area contributed by atoms with Gasteiger partial charge in [0, 0.05) is 0 Å². The molecule has 0 heterocycles. The first-order chi connectivity index (χ1) is 10.2. The van der Waals surface area contributed by atoms with E-state index in [0.717, 1.165) is 31.4 Å². The van der Waals surface area contributed by atoms with Crippen molar-refractivity contribution in [3.63, 3.8) is 0 Å². The van der Waals surface area contributed by atoms with E-state index in [1.165, 1.54) is 0 Å². The molecule has 1 aromatic rings. The number of nitrogens with one attached hydrogen (secondary N) is 1. The summed E-state index contributed by atoms with van der Waals surface area (Å²) in [5, 5.41) is 12.6. The van der Waals surface area contributed by atoms with Gasteiger partial charge in [0.15, 0.2) is 6.61 Å². The van der Waals surface area contributed by atoms with Crippen LogP contribution >= 0.6 is 0 Å². The molecule has 0 radical (unpaired) electrons. The lowest BCUT2D eigenvalue weighted by Crippen LogP contribution is -2.46. The average Bonchev–Trinajstić information content (AvgIpc) is 2.49. The third-order valence-electron chi connectivity index (χ3n) is 3.58. The summed E-state index contributed by atoms with van der Waals surface area (Å²) >= 11 is 0. The van der Waals surface area contributed by atoms with Crippen LogP contribution in [0.15, 0.2) is 24.3 Å². The molecule has 1 fully saturated rings. The van der Waals surface area contributed by atoms with Crippen molar-refractivity contribution in [3.8, 4) is 11.5 Å². The summed E-state index contributed by atoms with van der Waals surface area (Å²) < 4.78 is 10.8. The van der Waals surface area contributed by atoms with Gasteiger partial charge >= 0.3 is 0 Å². The molecule has 0 saturated heterocycles. The van der Waals surface area contributed by atoms with E-state index in [0.29, 0.717) is 12.4 Å². The maximum Gasteiger partial charge on any atom is 0.258 e. The number of aliphatic hydroxyl groups excluding tert-OH is 1. The maximum atomic E-state index is 11.8. The van der Waals surface area contributed by atoms with Crippen LogP contribution in [0, 0.1) is 0 Å². The number of aliphatic hydroxyl groups is 1. The highest BCUT2D eigenvalue weighted by Crippen LogP contribution is 2.19. The minimum Gasteiger partial charge on any atom is -0.494 e. The molecule has 1 saturated carbocycles. The first-order valence-corrected chi connectivity index (χ1v) is 7.52. The van der Waals surface area contributed by atoms with Crippen molar-refractivity contribution in [2.75, 3.05) is 13.2 Å². The molecule has 0 aromatic heterocycles. The topological polar surface area (TPSA) is 67.8 Å². The molecule has 1 aliphatic carbocycles. The van der Waals surface area contributed by atoms with Gasteiger partial charge in [0.05, 0.1) is 18.8 Å². The number of carbonyl (C=O) groups is 1. The minimum atomic E-state index is -0.437. The molecule has 1 aromatic carbocycles. The number of rotatable bonds is 6. The zero-order valence-electron chi connectivity index (χ0n) is 12.4. The second-order valence-corrected chi connectivity index (χ2v) is 5.22. The Bertz CT molecular complexity index is 446. The van der Waals surface area contributed by atoms with Gasteiger partial charge in [0.2, 0.25) is 0 Å². The summed E-state index contributed by atoms with van der Waals surface area (Å²) in [7, 11) is 0. The molecule has 2 N–H and O–H groups in total. The van der Waals surface area contributed by atoms with Gasteiger partial charge in [-0.15, -0.1) is 0 Å². The summed E-state index contributed by atoms with van der Waals surface area (Å²) in [6.07, 6.45) is 3.21. The number of hydrogen-bond acceptors (Lipinski definition) is 4. The van der Waals surface area contributed by atoms with Crippen LogP contribution in [0.3, 0.4) is 0 Å². The van der Waals surface area contributed by atoms with Crippen molar-refractivity contribution in [3.05, 3.63) is 24.3 Å². The maximum absolute atomic E-state index is 11.8. The van der Waals surface area contributed by atoms with Gasteiger partial charge in [0.1, 0.15) is 11.5 Å². The number of benzene rings is 1. The molecule has 2 atom stereocenters. The Balaban J connectivity index is 1.75. The van der Waals surface area contributed by atoms with Crippen molar-refractivity contribution in [1.82, 2.24) is 5.32 Å². The van der Waals surface area contributed by atoms with Crippen LogP contribution in [0.5, 0.6) is 11.5 Å². The first-order valence-electron chi connectivity index (χ1n) is 7.52. The lowest BCUT2D eigenvalue weighted by atomic mass is 9.92. The van der Waals surface area contributed by atoms with E-state index in [9.17, 15) is 9.90 Å². The molecular formula is C16H23NO4. The Morgan fingerprint density at radius 2 is 1.81 bits per heavy atom. The molecule has 5 heteroatoms. The molecule has 116 valence electrons. The Labute approximate surface area is 125 Å². The highest BCUT2D eigenvalue weighted by Gasteiger charge is 2.24. The van der Waals surface area contributed by atoms with Gasteiger partial charge in [-0.3, -0.25) is 4.79 Å². The van der Waals surface area contributed by atoms with Gasteiger partial charge in [-0.2, -0.15) is 0 Å². The van der Waals surface area contributed by atoms with E-state index in [-0.39, 0.29) is 18.6 Å². The standard InChI is InChI=1S/C16H23NO4/c1-2-20-12-7-9-13(10-8-12)21-11-16(19)17-14-5-3-4-6-15(14)18/h7-10,14-15,18H,2-6,11H2,1H3,(H,17,19)/t14-,15-/m0/s1. The lowest BCUT2D eigenvalue weighted by Gasteiger charge is -2.28. The molecular weight excluding hydrogens is 270 g/mol. The van der Waals surface area contributed by atoms with Gasteiger partial charge in [-0.1, -0.05) is 12.8 Å². The normalized spacial score (nSPS) is 21.6.